The van der Waals surface area contributed by atoms with Gasteiger partial charge in [0.2, 0.25) is 0 Å². The lowest BCUT2D eigenvalue weighted by Gasteiger charge is -2.19. The van der Waals surface area contributed by atoms with Crippen LogP contribution < -0.4 is 0 Å². The minimum atomic E-state index is -4.38. The minimum absolute atomic E-state index is 0.0110. The van der Waals surface area contributed by atoms with Crippen LogP contribution in [0.5, 0.6) is 0 Å². The third kappa shape index (κ3) is 7.55. The van der Waals surface area contributed by atoms with Crippen molar-refractivity contribution in [2.45, 2.75) is 100 Å². The topological polar surface area (TPSA) is 209 Å². The molecular formula is C20H34N4O8S4. The highest BCUT2D eigenvalue weighted by Crippen LogP contribution is 2.27. The lowest BCUT2D eigenvalue weighted by atomic mass is 10.0. The Kier molecular flexibility index (Phi) is 11.0. The van der Waals surface area contributed by atoms with Crippen LogP contribution in [0.25, 0.3) is 11.1 Å². The van der Waals surface area contributed by atoms with Crippen molar-refractivity contribution in [1.82, 2.24) is 0 Å². The molecule has 2 saturated carbocycles. The zero-order valence-corrected chi connectivity index (χ0v) is 23.4. The zero-order chi connectivity index (χ0) is 27.0. The quantitative estimate of drug-likeness (QED) is 0.128. The molecule has 36 heavy (non-hydrogen) atoms. The number of rotatable bonds is 9. The molecule has 0 spiro atoms. The molecule has 2 fully saturated rings. The van der Waals surface area contributed by atoms with Gasteiger partial charge in [-0.3, -0.25) is 0 Å². The van der Waals surface area contributed by atoms with Crippen molar-refractivity contribution in [2.75, 3.05) is 11.5 Å². The van der Waals surface area contributed by atoms with Crippen molar-refractivity contribution in [2.24, 2.45) is 0 Å². The fraction of sp³-hybridized carbons (Fsp3) is 0.900. The van der Waals surface area contributed by atoms with Crippen LogP contribution in [0, 0.1) is 0 Å². The van der Waals surface area contributed by atoms with Gasteiger partial charge in [-0.1, -0.05) is 51.4 Å². The molecule has 206 valence electrons. The molecule has 0 N–H and O–H groups in total. The summed E-state index contributed by atoms with van der Waals surface area (Å²) in [7, 11) is -17.4. The van der Waals surface area contributed by atoms with Gasteiger partial charge >= 0.3 is 8.75 Å². The predicted octanol–water partition coefficient (Wildman–Crippen LogP) is 2.04. The average molecular weight is 587 g/mol. The Bertz CT molecular complexity index is 1210. The maximum absolute atomic E-state index is 12.7. The van der Waals surface area contributed by atoms with E-state index in [1.807, 2.05) is 0 Å². The number of unbranched alkanes of at least 4 members (excludes halogenated alkanes) is 3. The zero-order valence-electron chi connectivity index (χ0n) is 20.2. The lowest BCUT2D eigenvalue weighted by Crippen LogP contribution is -2.36. The summed E-state index contributed by atoms with van der Waals surface area (Å²) in [5, 5.41) is -1.80. The molecule has 2 aliphatic rings. The van der Waals surface area contributed by atoms with Crippen molar-refractivity contribution >= 4 is 48.1 Å². The Morgan fingerprint density at radius 1 is 0.528 bits per heavy atom. The van der Waals surface area contributed by atoms with Gasteiger partial charge in [-0.2, -0.15) is 0 Å². The highest BCUT2D eigenvalue weighted by molar-refractivity contribution is 8.31. The van der Waals surface area contributed by atoms with E-state index in [2.05, 4.69) is 9.58 Å². The third-order valence-electron chi connectivity index (χ3n) is 6.74. The highest BCUT2D eigenvalue weighted by Gasteiger charge is 2.47. The molecule has 0 unspecified atom stereocenters. The molecule has 0 saturated heterocycles. The molecule has 0 heterocycles. The van der Waals surface area contributed by atoms with Crippen LogP contribution in [0.2, 0.25) is 0 Å². The first-order chi connectivity index (χ1) is 16.8. The largest absolute Gasteiger partial charge is 0.495 e. The van der Waals surface area contributed by atoms with Gasteiger partial charge < -0.3 is 11.1 Å². The minimum Gasteiger partial charge on any atom is -0.359 e. The molecule has 0 atom stereocenters. The van der Waals surface area contributed by atoms with E-state index in [4.69, 9.17) is 0 Å². The summed E-state index contributed by atoms with van der Waals surface area (Å²) in [6, 6.07) is 0. The summed E-state index contributed by atoms with van der Waals surface area (Å²) in [5.74, 6) is -1.19. The van der Waals surface area contributed by atoms with Gasteiger partial charge in [-0.05, 0) is 38.5 Å². The van der Waals surface area contributed by atoms with Crippen molar-refractivity contribution in [3.8, 4) is 0 Å². The molecule has 2 aliphatic carbocycles. The van der Waals surface area contributed by atoms with Crippen LogP contribution in [0.15, 0.2) is 0 Å². The Morgan fingerprint density at radius 3 is 1.11 bits per heavy atom. The van der Waals surface area contributed by atoms with Gasteiger partial charge in [0.25, 0.3) is 39.3 Å². The number of hydrogen-bond acceptors (Lipinski definition) is 8. The maximum atomic E-state index is 12.7. The van der Waals surface area contributed by atoms with Crippen LogP contribution in [-0.2, 0) is 39.3 Å². The maximum Gasteiger partial charge on any atom is 0.495 e. The van der Waals surface area contributed by atoms with Crippen molar-refractivity contribution in [1.29, 1.82) is 0 Å². The second-order valence-electron chi connectivity index (χ2n) is 9.39. The molecule has 0 amide bonds. The molecule has 0 radical (unpaired) electrons. The van der Waals surface area contributed by atoms with Crippen LogP contribution >= 0.6 is 0 Å². The van der Waals surface area contributed by atoms with E-state index < -0.39 is 70.1 Å². The molecule has 0 aromatic heterocycles. The molecule has 0 aliphatic heterocycles. The Labute approximate surface area is 213 Å². The van der Waals surface area contributed by atoms with E-state index in [9.17, 15) is 44.7 Å². The first kappa shape index (κ1) is 30.8. The molecule has 16 heteroatoms. The van der Waals surface area contributed by atoms with E-state index in [1.54, 1.807) is 0 Å². The Hall–Kier alpha value is -1.44. The number of hydrogen-bond donors (Lipinski definition) is 0. The van der Waals surface area contributed by atoms with E-state index in [1.165, 1.54) is 0 Å². The van der Waals surface area contributed by atoms with Gasteiger partial charge in [0.1, 0.15) is 0 Å². The van der Waals surface area contributed by atoms with Crippen molar-refractivity contribution in [3.05, 3.63) is 11.1 Å². The summed E-state index contributed by atoms with van der Waals surface area (Å²) < 4.78 is 98.5. The van der Waals surface area contributed by atoms with Crippen LogP contribution in [-0.4, -0.2) is 74.0 Å². The molecule has 12 nitrogen and oxygen atoms in total. The molecule has 0 bridgehead atoms. The SMILES string of the molecule is [N-]=[N+]=C(S(=O)(=O)CCCCCCS(=O)(=O)C(=[N+]=[N-])S(=O)(=O)C1CCCCC1)S(=O)(=O)C1CCCCC1. The van der Waals surface area contributed by atoms with Gasteiger partial charge in [0.05, 0.1) is 22.0 Å². The summed E-state index contributed by atoms with van der Waals surface area (Å²) in [6.07, 6.45) is 5.93. The van der Waals surface area contributed by atoms with Gasteiger partial charge in [-0.15, -0.1) is 9.58 Å². The average Bonchev–Trinajstić information content (AvgIpc) is 2.82. The van der Waals surface area contributed by atoms with E-state index in [-0.39, 0.29) is 25.7 Å². The standard InChI is InChI=1S/C20H34N4O8S4/c21-23-19(35(29,30)17-11-5-3-6-12-17)33(25,26)15-9-1-2-10-16-34(27,28)20(24-22)36(31,32)18-13-7-4-8-14-18/h17-18H,1-16H2. The smallest absolute Gasteiger partial charge is 0.359 e. The molecular weight excluding hydrogens is 553 g/mol. The van der Waals surface area contributed by atoms with Crippen molar-refractivity contribution in [3.63, 3.8) is 0 Å². The fourth-order valence-corrected chi connectivity index (χ4v) is 13.4. The molecule has 0 aromatic carbocycles. The summed E-state index contributed by atoms with van der Waals surface area (Å²) in [6.45, 7) is 0. The Morgan fingerprint density at radius 2 is 0.833 bits per heavy atom. The lowest BCUT2D eigenvalue weighted by molar-refractivity contribution is 0.00338. The van der Waals surface area contributed by atoms with Gasteiger partial charge in [0.15, 0.2) is 0 Å². The third-order valence-corrected chi connectivity index (χ3v) is 16.4. The van der Waals surface area contributed by atoms with Gasteiger partial charge in [-0.25, -0.2) is 33.7 Å². The first-order valence-corrected chi connectivity index (χ1v) is 18.6. The molecule has 2 rings (SSSR count). The highest BCUT2D eigenvalue weighted by atomic mass is 32.3. The van der Waals surface area contributed by atoms with Crippen LogP contribution in [0.3, 0.4) is 0 Å². The van der Waals surface area contributed by atoms with E-state index in [0.29, 0.717) is 51.4 Å². The van der Waals surface area contributed by atoms with Gasteiger partial charge in [0, 0.05) is 0 Å². The second-order valence-corrected chi connectivity index (χ2v) is 18.2. The van der Waals surface area contributed by atoms with Crippen molar-refractivity contribution < 1.29 is 43.3 Å². The Balaban J connectivity index is 1.90. The number of nitrogens with zero attached hydrogens (tertiary/aromatic N) is 4. The summed E-state index contributed by atoms with van der Waals surface area (Å²) in [5.41, 5.74) is 18.4. The second kappa shape index (κ2) is 12.9. The summed E-state index contributed by atoms with van der Waals surface area (Å²) >= 11 is 0. The normalized spacial score (nSPS) is 18.8. The van der Waals surface area contributed by atoms with E-state index in [0.717, 1.165) is 12.8 Å². The summed E-state index contributed by atoms with van der Waals surface area (Å²) in [4.78, 5) is 5.22. The van der Waals surface area contributed by atoms with Crippen LogP contribution in [0.4, 0.5) is 0 Å². The number of sulfone groups is 4. The van der Waals surface area contributed by atoms with E-state index >= 15 is 0 Å². The molecule has 0 aromatic rings. The monoisotopic (exact) mass is 586 g/mol. The predicted molar refractivity (Wildman–Crippen MR) is 135 cm³/mol. The van der Waals surface area contributed by atoms with Crippen LogP contribution in [0.1, 0.15) is 89.9 Å². The first-order valence-electron chi connectivity index (χ1n) is 12.2. The fourth-order valence-electron chi connectivity index (χ4n) is 4.74.